The molecule has 0 saturated carbocycles. The number of carboxylic acid groups (broad SMARTS) is 1. The van der Waals surface area contributed by atoms with Crippen LogP contribution in [0, 0.1) is 11.7 Å². The van der Waals surface area contributed by atoms with Gasteiger partial charge in [-0.1, -0.05) is 13.0 Å². The van der Waals surface area contributed by atoms with Gasteiger partial charge in [-0.25, -0.2) is 9.18 Å². The van der Waals surface area contributed by atoms with E-state index in [1.54, 1.807) is 6.07 Å². The van der Waals surface area contributed by atoms with Crippen LogP contribution in [-0.4, -0.2) is 30.7 Å². The number of benzene rings is 1. The van der Waals surface area contributed by atoms with E-state index in [0.717, 1.165) is 0 Å². The van der Waals surface area contributed by atoms with Crippen molar-refractivity contribution in [2.24, 2.45) is 5.92 Å². The third kappa shape index (κ3) is 3.73. The summed E-state index contributed by atoms with van der Waals surface area (Å²) in [5.74, 6) is -2.09. The number of carbonyl (C=O) groups is 2. The number of halogens is 1. The fourth-order valence-electron chi connectivity index (χ4n) is 1.25. The van der Waals surface area contributed by atoms with Gasteiger partial charge in [-0.3, -0.25) is 9.69 Å². The fourth-order valence-corrected chi connectivity index (χ4v) is 1.25. The molecule has 0 bridgehead atoms. The molecule has 1 unspecified atom stereocenters. The Hall–Kier alpha value is -2.11. The lowest BCUT2D eigenvalue weighted by molar-refractivity contribution is -0.140. The van der Waals surface area contributed by atoms with Crippen LogP contribution in [-0.2, 0) is 4.79 Å². The third-order valence-electron chi connectivity index (χ3n) is 2.48. The maximum absolute atomic E-state index is 13.0. The highest BCUT2D eigenvalue weighted by atomic mass is 19.1. The van der Waals surface area contributed by atoms with Crippen molar-refractivity contribution in [3.05, 3.63) is 30.1 Å². The number of amides is 2. The standard InChI is InChI=1S/C12H15FN2O3/c1-8(11(16)17)7-14-12(18)15(2)10-5-3-4-9(13)6-10/h3-6,8H,7H2,1-2H3,(H,14,18)(H,16,17). The minimum absolute atomic E-state index is 0.0216. The van der Waals surface area contributed by atoms with Gasteiger partial charge < -0.3 is 10.4 Å². The molecule has 1 rings (SSSR count). The summed E-state index contributed by atoms with van der Waals surface area (Å²) in [6.07, 6.45) is 0. The monoisotopic (exact) mass is 254 g/mol. The van der Waals surface area contributed by atoms with Crippen LogP contribution in [0.3, 0.4) is 0 Å². The Balaban J connectivity index is 2.59. The Morgan fingerprint density at radius 1 is 1.50 bits per heavy atom. The number of nitrogens with zero attached hydrogens (tertiary/aromatic N) is 1. The molecular formula is C12H15FN2O3. The van der Waals surface area contributed by atoms with Crippen molar-refractivity contribution in [1.82, 2.24) is 5.32 Å². The fraction of sp³-hybridized carbons (Fsp3) is 0.333. The van der Waals surface area contributed by atoms with E-state index in [-0.39, 0.29) is 6.54 Å². The highest BCUT2D eigenvalue weighted by Crippen LogP contribution is 2.13. The molecule has 0 radical (unpaired) electrons. The summed E-state index contributed by atoms with van der Waals surface area (Å²) in [5.41, 5.74) is 0.399. The van der Waals surface area contributed by atoms with Gasteiger partial charge in [0.05, 0.1) is 5.92 Å². The van der Waals surface area contributed by atoms with Crippen molar-refractivity contribution in [1.29, 1.82) is 0 Å². The molecule has 1 atom stereocenters. The van der Waals surface area contributed by atoms with E-state index < -0.39 is 23.7 Å². The van der Waals surface area contributed by atoms with Gasteiger partial charge in [0, 0.05) is 19.3 Å². The minimum Gasteiger partial charge on any atom is -0.481 e. The molecule has 98 valence electrons. The van der Waals surface area contributed by atoms with Gasteiger partial charge in [-0.15, -0.1) is 0 Å². The van der Waals surface area contributed by atoms with E-state index in [4.69, 9.17) is 5.11 Å². The highest BCUT2D eigenvalue weighted by Gasteiger charge is 2.15. The number of aliphatic carboxylic acids is 1. The van der Waals surface area contributed by atoms with Gasteiger partial charge in [0.1, 0.15) is 5.82 Å². The Labute approximate surface area is 104 Å². The summed E-state index contributed by atoms with van der Waals surface area (Å²) in [7, 11) is 1.48. The second kappa shape index (κ2) is 6.00. The molecular weight excluding hydrogens is 239 g/mol. The van der Waals surface area contributed by atoms with E-state index in [1.807, 2.05) is 0 Å². The lowest BCUT2D eigenvalue weighted by Crippen LogP contribution is -2.40. The predicted octanol–water partition coefficient (Wildman–Crippen LogP) is 1.69. The summed E-state index contributed by atoms with van der Waals surface area (Å²) in [6.45, 7) is 1.51. The van der Waals surface area contributed by atoms with Gasteiger partial charge in [0.25, 0.3) is 0 Å². The lowest BCUT2D eigenvalue weighted by Gasteiger charge is -2.18. The lowest BCUT2D eigenvalue weighted by atomic mass is 10.2. The molecule has 1 aromatic carbocycles. The third-order valence-corrected chi connectivity index (χ3v) is 2.48. The minimum atomic E-state index is -0.983. The predicted molar refractivity (Wildman–Crippen MR) is 65.0 cm³/mol. The zero-order valence-electron chi connectivity index (χ0n) is 10.2. The average molecular weight is 254 g/mol. The zero-order valence-corrected chi connectivity index (χ0v) is 10.2. The molecule has 6 heteroatoms. The van der Waals surface area contributed by atoms with Crippen LogP contribution in [0.15, 0.2) is 24.3 Å². The number of carboxylic acids is 1. The molecule has 0 fully saturated rings. The molecule has 18 heavy (non-hydrogen) atoms. The number of anilines is 1. The zero-order chi connectivity index (χ0) is 13.7. The summed E-state index contributed by atoms with van der Waals surface area (Å²) in [5, 5.41) is 11.1. The van der Waals surface area contributed by atoms with Crippen LogP contribution in [0.5, 0.6) is 0 Å². The van der Waals surface area contributed by atoms with E-state index in [1.165, 1.54) is 37.1 Å². The Morgan fingerprint density at radius 3 is 2.72 bits per heavy atom. The first kappa shape index (κ1) is 14.0. The summed E-state index contributed by atoms with van der Waals surface area (Å²) < 4.78 is 13.0. The van der Waals surface area contributed by atoms with Crippen LogP contribution in [0.25, 0.3) is 0 Å². The molecule has 2 N–H and O–H groups in total. The van der Waals surface area contributed by atoms with Gasteiger partial charge in [-0.2, -0.15) is 0 Å². The largest absolute Gasteiger partial charge is 0.481 e. The van der Waals surface area contributed by atoms with Crippen molar-refractivity contribution < 1.29 is 19.1 Å². The molecule has 0 aliphatic rings. The quantitative estimate of drug-likeness (QED) is 0.859. The van der Waals surface area contributed by atoms with Crippen molar-refractivity contribution in [3.8, 4) is 0 Å². The van der Waals surface area contributed by atoms with Crippen molar-refractivity contribution in [2.45, 2.75) is 6.92 Å². The average Bonchev–Trinajstić information content (AvgIpc) is 2.34. The van der Waals surface area contributed by atoms with Crippen LogP contribution >= 0.6 is 0 Å². The molecule has 0 spiro atoms. The maximum atomic E-state index is 13.0. The number of carbonyl (C=O) groups excluding carboxylic acids is 1. The summed E-state index contributed by atoms with van der Waals surface area (Å²) in [4.78, 5) is 23.5. The molecule has 0 aliphatic heterocycles. The van der Waals surface area contributed by atoms with Gasteiger partial charge in [0.15, 0.2) is 0 Å². The van der Waals surface area contributed by atoms with Crippen molar-refractivity contribution in [3.63, 3.8) is 0 Å². The van der Waals surface area contributed by atoms with Crippen LogP contribution in [0.1, 0.15) is 6.92 Å². The van der Waals surface area contributed by atoms with Crippen LogP contribution in [0.2, 0.25) is 0 Å². The van der Waals surface area contributed by atoms with Crippen LogP contribution < -0.4 is 10.2 Å². The molecule has 1 aromatic rings. The Bertz CT molecular complexity index is 451. The summed E-state index contributed by atoms with van der Waals surface area (Å²) in [6, 6.07) is 5.10. The SMILES string of the molecule is CC(CNC(=O)N(C)c1cccc(F)c1)C(=O)O. The van der Waals surface area contributed by atoms with E-state index in [2.05, 4.69) is 5.32 Å². The topological polar surface area (TPSA) is 69.6 Å². The van der Waals surface area contributed by atoms with Gasteiger partial charge in [-0.05, 0) is 18.2 Å². The molecule has 0 heterocycles. The maximum Gasteiger partial charge on any atom is 0.321 e. The van der Waals surface area contributed by atoms with Crippen molar-refractivity contribution >= 4 is 17.7 Å². The van der Waals surface area contributed by atoms with Crippen molar-refractivity contribution in [2.75, 3.05) is 18.5 Å². The molecule has 0 aliphatic carbocycles. The second-order valence-corrected chi connectivity index (χ2v) is 3.96. The molecule has 0 aromatic heterocycles. The number of rotatable bonds is 4. The number of hydrogen-bond donors (Lipinski definition) is 2. The van der Waals surface area contributed by atoms with E-state index in [9.17, 15) is 14.0 Å². The number of nitrogens with one attached hydrogen (secondary N) is 1. The Kier molecular flexibility index (Phi) is 4.65. The van der Waals surface area contributed by atoms with Gasteiger partial charge >= 0.3 is 12.0 Å². The van der Waals surface area contributed by atoms with Crippen LogP contribution in [0.4, 0.5) is 14.9 Å². The highest BCUT2D eigenvalue weighted by molar-refractivity contribution is 5.91. The normalized spacial score (nSPS) is 11.7. The van der Waals surface area contributed by atoms with E-state index in [0.29, 0.717) is 5.69 Å². The summed E-state index contributed by atoms with van der Waals surface area (Å²) >= 11 is 0. The second-order valence-electron chi connectivity index (χ2n) is 3.96. The Morgan fingerprint density at radius 2 is 2.17 bits per heavy atom. The van der Waals surface area contributed by atoms with E-state index >= 15 is 0 Å². The first-order valence-electron chi connectivity index (χ1n) is 5.41. The number of urea groups is 1. The molecule has 5 nitrogen and oxygen atoms in total. The first-order chi connectivity index (χ1) is 8.41. The molecule has 2 amide bonds. The smallest absolute Gasteiger partial charge is 0.321 e. The molecule has 0 saturated heterocycles. The first-order valence-corrected chi connectivity index (χ1v) is 5.41. The number of hydrogen-bond acceptors (Lipinski definition) is 2. The van der Waals surface area contributed by atoms with Gasteiger partial charge in [0.2, 0.25) is 0 Å².